The first-order valence-corrected chi connectivity index (χ1v) is 9.31. The van der Waals surface area contributed by atoms with E-state index in [-0.39, 0.29) is 12.1 Å². The van der Waals surface area contributed by atoms with Gasteiger partial charge in [-0.25, -0.2) is 0 Å². The van der Waals surface area contributed by atoms with Crippen LogP contribution >= 0.6 is 0 Å². The van der Waals surface area contributed by atoms with Crippen LogP contribution in [0, 0.1) is 0 Å². The van der Waals surface area contributed by atoms with Gasteiger partial charge in [-0.2, -0.15) is 0 Å². The van der Waals surface area contributed by atoms with Crippen molar-refractivity contribution in [1.29, 1.82) is 0 Å². The van der Waals surface area contributed by atoms with Crippen molar-refractivity contribution < 1.29 is 14.6 Å². The zero-order valence-electron chi connectivity index (χ0n) is 15.2. The van der Waals surface area contributed by atoms with Crippen LogP contribution in [0.3, 0.4) is 0 Å². The Morgan fingerprint density at radius 1 is 1.16 bits per heavy atom. The summed E-state index contributed by atoms with van der Waals surface area (Å²) in [5.74, 6) is 0.881. The van der Waals surface area contributed by atoms with Crippen molar-refractivity contribution in [1.82, 2.24) is 15.1 Å². The molecule has 140 valence electrons. The number of morpholine rings is 1. The van der Waals surface area contributed by atoms with Crippen molar-refractivity contribution in [3.8, 4) is 5.75 Å². The Kier molecular flexibility index (Phi) is 7.07. The number of hydrogen-bond acceptors (Lipinski definition) is 6. The van der Waals surface area contributed by atoms with Crippen LogP contribution < -0.4 is 10.1 Å². The van der Waals surface area contributed by atoms with Crippen molar-refractivity contribution in [2.45, 2.75) is 25.1 Å². The van der Waals surface area contributed by atoms with Gasteiger partial charge in [-0.3, -0.25) is 9.80 Å². The molecule has 6 heteroatoms. The Labute approximate surface area is 150 Å². The third-order valence-electron chi connectivity index (χ3n) is 5.17. The summed E-state index contributed by atoms with van der Waals surface area (Å²) < 4.78 is 10.6. The molecule has 2 aliphatic rings. The number of nitrogens with one attached hydrogen (secondary N) is 1. The number of likely N-dealkylation sites (tertiary alicyclic amines) is 1. The lowest BCUT2D eigenvalue weighted by Crippen LogP contribution is -2.53. The lowest BCUT2D eigenvalue weighted by Gasteiger charge is -2.37. The molecule has 0 bridgehead atoms. The fraction of sp³-hybridized carbons (Fsp3) is 0.684. The highest BCUT2D eigenvalue weighted by atomic mass is 16.5. The SMILES string of the molecule is COc1ccc(CN2CC[C@@H](NCCN3CCOCC3)[C@H](O)C2)cc1. The molecule has 0 radical (unpaired) electrons. The van der Waals surface area contributed by atoms with E-state index in [4.69, 9.17) is 9.47 Å². The van der Waals surface area contributed by atoms with Gasteiger partial charge in [-0.05, 0) is 24.1 Å². The topological polar surface area (TPSA) is 57.2 Å². The molecule has 2 atom stereocenters. The summed E-state index contributed by atoms with van der Waals surface area (Å²) in [6.07, 6.45) is 0.678. The first-order valence-electron chi connectivity index (χ1n) is 9.31. The third kappa shape index (κ3) is 5.66. The molecule has 6 nitrogen and oxygen atoms in total. The van der Waals surface area contributed by atoms with E-state index < -0.39 is 0 Å². The minimum absolute atomic E-state index is 0.202. The Hall–Kier alpha value is -1.18. The second-order valence-electron chi connectivity index (χ2n) is 6.95. The number of aliphatic hydroxyl groups is 1. The number of nitrogens with zero attached hydrogens (tertiary/aromatic N) is 2. The molecule has 0 amide bonds. The van der Waals surface area contributed by atoms with Crippen LogP contribution in [0.5, 0.6) is 5.75 Å². The quantitative estimate of drug-likeness (QED) is 0.750. The number of piperidine rings is 1. The summed E-state index contributed by atoms with van der Waals surface area (Å²) in [4.78, 5) is 4.74. The first-order chi connectivity index (χ1) is 12.2. The molecule has 2 heterocycles. The Morgan fingerprint density at radius 2 is 1.92 bits per heavy atom. The van der Waals surface area contributed by atoms with E-state index >= 15 is 0 Å². The number of hydrogen-bond donors (Lipinski definition) is 2. The van der Waals surface area contributed by atoms with E-state index in [1.165, 1.54) is 5.56 Å². The van der Waals surface area contributed by atoms with Gasteiger partial charge in [-0.1, -0.05) is 12.1 Å². The standard InChI is InChI=1S/C19H31N3O3/c1-24-17-4-2-16(3-5-17)14-22-8-6-18(19(23)15-22)20-7-9-21-10-12-25-13-11-21/h2-5,18-20,23H,6-15H2,1H3/t18-,19-/m1/s1. The lowest BCUT2D eigenvalue weighted by atomic mass is 10.0. The van der Waals surface area contributed by atoms with Crippen molar-refractivity contribution >= 4 is 0 Å². The number of rotatable bonds is 7. The molecule has 0 saturated carbocycles. The second kappa shape index (κ2) is 9.50. The summed E-state index contributed by atoms with van der Waals surface area (Å²) in [6.45, 7) is 8.29. The van der Waals surface area contributed by atoms with Gasteiger partial charge in [0, 0.05) is 51.9 Å². The number of benzene rings is 1. The molecule has 0 spiro atoms. The van der Waals surface area contributed by atoms with E-state index in [1.54, 1.807) is 7.11 Å². The number of aliphatic hydroxyl groups excluding tert-OH is 1. The third-order valence-corrected chi connectivity index (χ3v) is 5.17. The fourth-order valence-corrected chi connectivity index (χ4v) is 3.60. The van der Waals surface area contributed by atoms with Gasteiger partial charge in [0.15, 0.2) is 0 Å². The highest BCUT2D eigenvalue weighted by molar-refractivity contribution is 5.27. The highest BCUT2D eigenvalue weighted by Crippen LogP contribution is 2.17. The smallest absolute Gasteiger partial charge is 0.118 e. The van der Waals surface area contributed by atoms with E-state index in [9.17, 15) is 5.11 Å². The first kappa shape index (κ1) is 18.6. The van der Waals surface area contributed by atoms with Crippen LogP contribution in [0.15, 0.2) is 24.3 Å². The summed E-state index contributed by atoms with van der Waals surface area (Å²) in [5.41, 5.74) is 1.26. The van der Waals surface area contributed by atoms with Gasteiger partial charge in [0.05, 0.1) is 26.4 Å². The van der Waals surface area contributed by atoms with Crippen molar-refractivity contribution in [3.05, 3.63) is 29.8 Å². The maximum Gasteiger partial charge on any atom is 0.118 e. The largest absolute Gasteiger partial charge is 0.497 e. The van der Waals surface area contributed by atoms with Gasteiger partial charge in [0.25, 0.3) is 0 Å². The fourth-order valence-electron chi connectivity index (χ4n) is 3.60. The van der Waals surface area contributed by atoms with Gasteiger partial charge >= 0.3 is 0 Å². The van der Waals surface area contributed by atoms with Crippen LogP contribution in [-0.2, 0) is 11.3 Å². The molecular formula is C19H31N3O3. The molecule has 0 unspecified atom stereocenters. The normalized spacial score (nSPS) is 25.8. The minimum atomic E-state index is -0.309. The highest BCUT2D eigenvalue weighted by Gasteiger charge is 2.27. The van der Waals surface area contributed by atoms with Crippen LogP contribution in [0.2, 0.25) is 0 Å². The summed E-state index contributed by atoms with van der Waals surface area (Å²) in [6, 6.07) is 8.38. The zero-order chi connectivity index (χ0) is 17.5. The van der Waals surface area contributed by atoms with E-state index in [0.717, 1.165) is 71.2 Å². The molecule has 2 saturated heterocycles. The van der Waals surface area contributed by atoms with Crippen LogP contribution in [0.4, 0.5) is 0 Å². The maximum atomic E-state index is 10.5. The molecule has 2 aliphatic heterocycles. The Morgan fingerprint density at radius 3 is 2.60 bits per heavy atom. The maximum absolute atomic E-state index is 10.5. The molecule has 1 aromatic rings. The van der Waals surface area contributed by atoms with E-state index in [1.807, 2.05) is 12.1 Å². The molecule has 2 fully saturated rings. The molecule has 0 aromatic heterocycles. The number of ether oxygens (including phenoxy) is 2. The van der Waals surface area contributed by atoms with Gasteiger partial charge < -0.3 is 19.9 Å². The lowest BCUT2D eigenvalue weighted by molar-refractivity contribution is 0.0268. The van der Waals surface area contributed by atoms with Crippen molar-refractivity contribution in [3.63, 3.8) is 0 Å². The predicted molar refractivity (Wildman–Crippen MR) is 97.9 cm³/mol. The molecule has 25 heavy (non-hydrogen) atoms. The summed E-state index contributed by atoms with van der Waals surface area (Å²) in [7, 11) is 1.68. The van der Waals surface area contributed by atoms with E-state index in [0.29, 0.717) is 0 Å². The Bertz CT molecular complexity index is 505. The van der Waals surface area contributed by atoms with Crippen LogP contribution in [-0.4, -0.2) is 86.6 Å². The zero-order valence-corrected chi connectivity index (χ0v) is 15.2. The van der Waals surface area contributed by atoms with Crippen molar-refractivity contribution in [2.75, 3.05) is 59.6 Å². The monoisotopic (exact) mass is 349 g/mol. The predicted octanol–water partition coefficient (Wildman–Crippen LogP) is 0.552. The average molecular weight is 349 g/mol. The van der Waals surface area contributed by atoms with E-state index in [2.05, 4.69) is 27.2 Å². The van der Waals surface area contributed by atoms with Gasteiger partial charge in [0.1, 0.15) is 5.75 Å². The Balaban J connectivity index is 1.37. The van der Waals surface area contributed by atoms with Crippen molar-refractivity contribution in [2.24, 2.45) is 0 Å². The minimum Gasteiger partial charge on any atom is -0.497 e. The average Bonchev–Trinajstić information content (AvgIpc) is 2.65. The molecular weight excluding hydrogens is 318 g/mol. The molecule has 2 N–H and O–H groups in total. The second-order valence-corrected chi connectivity index (χ2v) is 6.95. The van der Waals surface area contributed by atoms with Crippen LogP contribution in [0.1, 0.15) is 12.0 Å². The van der Waals surface area contributed by atoms with Crippen LogP contribution in [0.25, 0.3) is 0 Å². The summed E-state index contributed by atoms with van der Waals surface area (Å²) >= 11 is 0. The van der Waals surface area contributed by atoms with Gasteiger partial charge in [0.2, 0.25) is 0 Å². The number of methoxy groups -OCH3 is 1. The van der Waals surface area contributed by atoms with Gasteiger partial charge in [-0.15, -0.1) is 0 Å². The molecule has 3 rings (SSSR count). The molecule has 0 aliphatic carbocycles. The summed E-state index contributed by atoms with van der Waals surface area (Å²) in [5, 5.41) is 14.0. The molecule has 1 aromatic carbocycles. The number of β-amino-alcohol motifs (C(OH)–C–C–N with tert-alkyl or cyclic N) is 1.